The van der Waals surface area contributed by atoms with E-state index < -0.39 is 0 Å². The van der Waals surface area contributed by atoms with Gasteiger partial charge in [0.25, 0.3) is 0 Å². The maximum atomic E-state index is 12.6. The lowest BCUT2D eigenvalue weighted by molar-refractivity contribution is 0.0994. The SMILES string of the molecule is Cc1ccccc1CC(=O)c1cccc2ccncc12. The number of hydrogen-bond donors (Lipinski definition) is 0. The van der Waals surface area contributed by atoms with Gasteiger partial charge in [0.05, 0.1) is 0 Å². The summed E-state index contributed by atoms with van der Waals surface area (Å²) >= 11 is 0. The molecule has 0 amide bonds. The first-order valence-electron chi connectivity index (χ1n) is 6.66. The molecule has 0 fully saturated rings. The van der Waals surface area contributed by atoms with Crippen LogP contribution in [0, 0.1) is 6.92 Å². The highest BCUT2D eigenvalue weighted by atomic mass is 16.1. The minimum atomic E-state index is 0.137. The van der Waals surface area contributed by atoms with E-state index in [0.29, 0.717) is 6.42 Å². The third-order valence-electron chi connectivity index (χ3n) is 3.60. The Labute approximate surface area is 118 Å². The molecule has 0 aliphatic heterocycles. The van der Waals surface area contributed by atoms with Gasteiger partial charge in [-0.1, -0.05) is 42.5 Å². The molecular weight excluding hydrogens is 246 g/mol. The van der Waals surface area contributed by atoms with E-state index in [-0.39, 0.29) is 5.78 Å². The van der Waals surface area contributed by atoms with Crippen molar-refractivity contribution < 1.29 is 4.79 Å². The fourth-order valence-corrected chi connectivity index (χ4v) is 2.43. The second-order valence-corrected chi connectivity index (χ2v) is 4.93. The number of rotatable bonds is 3. The molecule has 2 heteroatoms. The van der Waals surface area contributed by atoms with Crippen molar-refractivity contribution in [3.63, 3.8) is 0 Å². The molecule has 20 heavy (non-hydrogen) atoms. The summed E-state index contributed by atoms with van der Waals surface area (Å²) in [5.41, 5.74) is 2.98. The molecule has 2 aromatic carbocycles. The topological polar surface area (TPSA) is 30.0 Å². The molecule has 3 aromatic rings. The van der Waals surface area contributed by atoms with E-state index in [4.69, 9.17) is 0 Å². The maximum absolute atomic E-state index is 12.6. The minimum absolute atomic E-state index is 0.137. The Bertz CT molecular complexity index is 772. The third-order valence-corrected chi connectivity index (χ3v) is 3.60. The van der Waals surface area contributed by atoms with Crippen molar-refractivity contribution >= 4 is 16.6 Å². The highest BCUT2D eigenvalue weighted by molar-refractivity contribution is 6.08. The van der Waals surface area contributed by atoms with E-state index in [2.05, 4.69) is 4.98 Å². The second kappa shape index (κ2) is 5.25. The van der Waals surface area contributed by atoms with Gasteiger partial charge in [0.1, 0.15) is 0 Å². The number of aromatic nitrogens is 1. The molecule has 98 valence electrons. The Morgan fingerprint density at radius 3 is 2.75 bits per heavy atom. The molecule has 1 aromatic heterocycles. The summed E-state index contributed by atoms with van der Waals surface area (Å²) in [4.78, 5) is 16.7. The van der Waals surface area contributed by atoms with Crippen LogP contribution in [0.2, 0.25) is 0 Å². The van der Waals surface area contributed by atoms with Crippen LogP contribution in [-0.2, 0) is 6.42 Å². The molecule has 0 saturated heterocycles. The van der Waals surface area contributed by atoms with Gasteiger partial charge in [-0.2, -0.15) is 0 Å². The number of Topliss-reactive ketones (excluding diaryl/α,β-unsaturated/α-hetero) is 1. The van der Waals surface area contributed by atoms with Gasteiger partial charge in [-0.15, -0.1) is 0 Å². The molecule has 0 unspecified atom stereocenters. The fourth-order valence-electron chi connectivity index (χ4n) is 2.43. The maximum Gasteiger partial charge on any atom is 0.167 e. The highest BCUT2D eigenvalue weighted by Gasteiger charge is 2.11. The number of hydrogen-bond acceptors (Lipinski definition) is 2. The molecule has 3 rings (SSSR count). The van der Waals surface area contributed by atoms with Crippen molar-refractivity contribution in [1.29, 1.82) is 0 Å². The van der Waals surface area contributed by atoms with Gasteiger partial charge in [0.15, 0.2) is 5.78 Å². The zero-order valence-corrected chi connectivity index (χ0v) is 11.3. The zero-order chi connectivity index (χ0) is 13.9. The molecule has 0 aliphatic carbocycles. The molecule has 0 saturated carbocycles. The molecule has 0 spiro atoms. The van der Waals surface area contributed by atoms with Crippen LogP contribution in [0.4, 0.5) is 0 Å². The number of aryl methyl sites for hydroxylation is 1. The lowest BCUT2D eigenvalue weighted by Gasteiger charge is -2.07. The summed E-state index contributed by atoms with van der Waals surface area (Å²) in [6.07, 6.45) is 3.94. The smallest absolute Gasteiger partial charge is 0.167 e. The number of ketones is 1. The number of nitrogens with zero attached hydrogens (tertiary/aromatic N) is 1. The summed E-state index contributed by atoms with van der Waals surface area (Å²) in [6.45, 7) is 2.03. The van der Waals surface area contributed by atoms with Crippen LogP contribution in [0.1, 0.15) is 21.5 Å². The lowest BCUT2D eigenvalue weighted by atomic mass is 9.96. The van der Waals surface area contributed by atoms with Crippen LogP contribution in [0.15, 0.2) is 60.9 Å². The second-order valence-electron chi connectivity index (χ2n) is 4.93. The first-order valence-corrected chi connectivity index (χ1v) is 6.66. The van der Waals surface area contributed by atoms with Crippen molar-refractivity contribution in [2.75, 3.05) is 0 Å². The van der Waals surface area contributed by atoms with Gasteiger partial charge in [-0.3, -0.25) is 9.78 Å². The van der Waals surface area contributed by atoms with Gasteiger partial charge in [0, 0.05) is 29.8 Å². The van der Waals surface area contributed by atoms with Crippen LogP contribution in [0.5, 0.6) is 0 Å². The highest BCUT2D eigenvalue weighted by Crippen LogP contribution is 2.20. The summed E-state index contributed by atoms with van der Waals surface area (Å²) < 4.78 is 0. The summed E-state index contributed by atoms with van der Waals surface area (Å²) in [5, 5.41) is 1.98. The average molecular weight is 261 g/mol. The average Bonchev–Trinajstić information content (AvgIpc) is 2.49. The number of pyridine rings is 1. The predicted octanol–water partition coefficient (Wildman–Crippen LogP) is 3.97. The van der Waals surface area contributed by atoms with Crippen molar-refractivity contribution in [3.05, 3.63) is 77.6 Å². The van der Waals surface area contributed by atoms with Crippen LogP contribution in [0.25, 0.3) is 10.8 Å². The first kappa shape index (κ1) is 12.5. The zero-order valence-electron chi connectivity index (χ0n) is 11.3. The van der Waals surface area contributed by atoms with Gasteiger partial charge < -0.3 is 0 Å². The number of carbonyl (C=O) groups is 1. The van der Waals surface area contributed by atoms with Gasteiger partial charge in [-0.25, -0.2) is 0 Å². The Morgan fingerprint density at radius 1 is 1.05 bits per heavy atom. The van der Waals surface area contributed by atoms with Crippen molar-refractivity contribution in [3.8, 4) is 0 Å². The van der Waals surface area contributed by atoms with Crippen molar-refractivity contribution in [1.82, 2.24) is 4.98 Å². The molecule has 0 N–H and O–H groups in total. The molecule has 1 heterocycles. The summed E-state index contributed by atoms with van der Waals surface area (Å²) in [7, 11) is 0. The largest absolute Gasteiger partial charge is 0.294 e. The Morgan fingerprint density at radius 2 is 1.90 bits per heavy atom. The van der Waals surface area contributed by atoms with Gasteiger partial charge in [-0.05, 0) is 29.5 Å². The van der Waals surface area contributed by atoms with Crippen LogP contribution in [0.3, 0.4) is 0 Å². The van der Waals surface area contributed by atoms with Gasteiger partial charge in [0.2, 0.25) is 0 Å². The van der Waals surface area contributed by atoms with E-state index in [0.717, 1.165) is 27.5 Å². The number of fused-ring (bicyclic) bond motifs is 1. The lowest BCUT2D eigenvalue weighted by Crippen LogP contribution is -2.05. The quantitative estimate of drug-likeness (QED) is 0.668. The van der Waals surface area contributed by atoms with E-state index in [1.807, 2.05) is 55.5 Å². The predicted molar refractivity (Wildman–Crippen MR) is 81.0 cm³/mol. The fraction of sp³-hybridized carbons (Fsp3) is 0.111. The molecular formula is C18H15NO. The minimum Gasteiger partial charge on any atom is -0.294 e. The Balaban J connectivity index is 1.99. The Hall–Kier alpha value is -2.48. The standard InChI is InChI=1S/C18H15NO/c1-13-5-2-3-6-15(13)11-18(20)16-8-4-7-14-9-10-19-12-17(14)16/h2-10,12H,11H2,1H3. The monoisotopic (exact) mass is 261 g/mol. The van der Waals surface area contributed by atoms with Gasteiger partial charge >= 0.3 is 0 Å². The molecule has 0 atom stereocenters. The molecule has 0 radical (unpaired) electrons. The number of benzene rings is 2. The molecule has 0 bridgehead atoms. The normalized spacial score (nSPS) is 10.7. The van der Waals surface area contributed by atoms with E-state index in [1.54, 1.807) is 12.4 Å². The van der Waals surface area contributed by atoms with Crippen molar-refractivity contribution in [2.45, 2.75) is 13.3 Å². The Kier molecular flexibility index (Phi) is 3.30. The first-order chi connectivity index (χ1) is 9.75. The van der Waals surface area contributed by atoms with E-state index in [1.165, 1.54) is 0 Å². The van der Waals surface area contributed by atoms with E-state index >= 15 is 0 Å². The van der Waals surface area contributed by atoms with Crippen LogP contribution in [-0.4, -0.2) is 10.8 Å². The molecule has 2 nitrogen and oxygen atoms in total. The number of carbonyl (C=O) groups excluding carboxylic acids is 1. The third kappa shape index (κ3) is 2.32. The van der Waals surface area contributed by atoms with E-state index in [9.17, 15) is 4.79 Å². The molecule has 0 aliphatic rings. The summed E-state index contributed by atoms with van der Waals surface area (Å²) in [5.74, 6) is 0.137. The van der Waals surface area contributed by atoms with Crippen molar-refractivity contribution in [2.24, 2.45) is 0 Å². The summed E-state index contributed by atoms with van der Waals surface area (Å²) in [6, 6.07) is 15.7. The van der Waals surface area contributed by atoms with Crippen LogP contribution < -0.4 is 0 Å². The van der Waals surface area contributed by atoms with Crippen LogP contribution >= 0.6 is 0 Å².